The van der Waals surface area contributed by atoms with Crippen LogP contribution >= 0.6 is 0 Å². The number of ether oxygens (including phenoxy) is 1. The Morgan fingerprint density at radius 2 is 1.96 bits per heavy atom. The number of anilines is 3. The first-order valence-corrected chi connectivity index (χ1v) is 8.98. The summed E-state index contributed by atoms with van der Waals surface area (Å²) < 4.78 is 44.5. The average molecular weight is 380 g/mol. The van der Waals surface area contributed by atoms with Crippen LogP contribution in [0, 0.1) is 0 Å². The van der Waals surface area contributed by atoms with Gasteiger partial charge in [-0.2, -0.15) is 18.2 Å². The minimum atomic E-state index is -4.50. The molecule has 1 aliphatic carbocycles. The molecule has 0 bridgehead atoms. The van der Waals surface area contributed by atoms with E-state index in [0.717, 1.165) is 31.0 Å². The van der Waals surface area contributed by atoms with Crippen molar-refractivity contribution in [3.8, 4) is 5.75 Å². The SMILES string of the molecule is CC[C@H](C)Nc1nc(Nc2ccc(OC)c(C(F)(F)F)c2)cc(C2CC2)n1. The largest absolute Gasteiger partial charge is 0.496 e. The predicted octanol–water partition coefficient (Wildman–Crippen LogP) is 5.34. The molecule has 1 fully saturated rings. The first-order valence-electron chi connectivity index (χ1n) is 8.98. The molecule has 2 aromatic rings. The summed E-state index contributed by atoms with van der Waals surface area (Å²) in [7, 11) is 1.22. The van der Waals surface area contributed by atoms with E-state index >= 15 is 0 Å². The minimum Gasteiger partial charge on any atom is -0.496 e. The van der Waals surface area contributed by atoms with Crippen LogP contribution in [0.5, 0.6) is 5.75 Å². The molecule has 2 N–H and O–H groups in total. The second kappa shape index (κ2) is 7.62. The molecule has 1 heterocycles. The van der Waals surface area contributed by atoms with Gasteiger partial charge in [-0.15, -0.1) is 0 Å². The van der Waals surface area contributed by atoms with Gasteiger partial charge < -0.3 is 15.4 Å². The van der Waals surface area contributed by atoms with Crippen molar-refractivity contribution in [2.45, 2.75) is 51.2 Å². The smallest absolute Gasteiger partial charge is 0.420 e. The summed E-state index contributed by atoms with van der Waals surface area (Å²) in [5.74, 6) is 1.14. The maximum atomic E-state index is 13.2. The third-order valence-electron chi connectivity index (χ3n) is 4.51. The van der Waals surface area contributed by atoms with E-state index in [1.54, 1.807) is 6.07 Å². The number of methoxy groups -OCH3 is 1. The third kappa shape index (κ3) is 4.81. The molecule has 1 aromatic carbocycles. The van der Waals surface area contributed by atoms with Crippen LogP contribution in [0.4, 0.5) is 30.6 Å². The number of rotatable bonds is 7. The van der Waals surface area contributed by atoms with Crippen molar-refractivity contribution in [2.75, 3.05) is 17.7 Å². The fourth-order valence-electron chi connectivity index (χ4n) is 2.66. The van der Waals surface area contributed by atoms with Crippen LogP contribution in [0.1, 0.15) is 50.3 Å². The molecule has 0 saturated heterocycles. The van der Waals surface area contributed by atoms with Gasteiger partial charge in [-0.25, -0.2) is 4.98 Å². The number of aromatic nitrogens is 2. The maximum Gasteiger partial charge on any atom is 0.420 e. The highest BCUT2D eigenvalue weighted by Crippen LogP contribution is 2.41. The maximum absolute atomic E-state index is 13.2. The lowest BCUT2D eigenvalue weighted by molar-refractivity contribution is -0.138. The van der Waals surface area contributed by atoms with Gasteiger partial charge in [-0.3, -0.25) is 0 Å². The van der Waals surface area contributed by atoms with Crippen molar-refractivity contribution in [1.82, 2.24) is 9.97 Å². The molecule has 3 rings (SSSR count). The molecule has 0 spiro atoms. The van der Waals surface area contributed by atoms with Crippen LogP contribution in [0.25, 0.3) is 0 Å². The molecule has 0 amide bonds. The number of halogens is 3. The fraction of sp³-hybridized carbons (Fsp3) is 0.474. The van der Waals surface area contributed by atoms with E-state index < -0.39 is 11.7 Å². The lowest BCUT2D eigenvalue weighted by Gasteiger charge is -2.16. The molecule has 1 atom stereocenters. The van der Waals surface area contributed by atoms with Crippen molar-refractivity contribution in [1.29, 1.82) is 0 Å². The minimum absolute atomic E-state index is 0.199. The molecule has 1 saturated carbocycles. The summed E-state index contributed by atoms with van der Waals surface area (Å²) in [5, 5.41) is 6.21. The van der Waals surface area contributed by atoms with Gasteiger partial charge in [-0.1, -0.05) is 6.92 Å². The Morgan fingerprint density at radius 3 is 2.56 bits per heavy atom. The number of nitrogens with one attached hydrogen (secondary N) is 2. The predicted molar refractivity (Wildman–Crippen MR) is 98.7 cm³/mol. The molecule has 0 radical (unpaired) electrons. The molecule has 0 aliphatic heterocycles. The monoisotopic (exact) mass is 380 g/mol. The van der Waals surface area contributed by atoms with Gasteiger partial charge in [0.05, 0.1) is 18.4 Å². The third-order valence-corrected chi connectivity index (χ3v) is 4.51. The summed E-state index contributed by atoms with van der Waals surface area (Å²) in [4.78, 5) is 8.96. The van der Waals surface area contributed by atoms with E-state index in [4.69, 9.17) is 4.74 Å². The van der Waals surface area contributed by atoms with Gasteiger partial charge in [0.15, 0.2) is 0 Å². The lowest BCUT2D eigenvalue weighted by atomic mass is 10.1. The first-order chi connectivity index (χ1) is 12.8. The van der Waals surface area contributed by atoms with Gasteiger partial charge >= 0.3 is 6.18 Å². The van der Waals surface area contributed by atoms with Gasteiger partial charge in [0.2, 0.25) is 5.95 Å². The van der Waals surface area contributed by atoms with Crippen molar-refractivity contribution < 1.29 is 17.9 Å². The summed E-state index contributed by atoms with van der Waals surface area (Å²) in [6, 6.07) is 5.86. The van der Waals surface area contributed by atoms with E-state index in [1.165, 1.54) is 19.2 Å². The quantitative estimate of drug-likeness (QED) is 0.679. The van der Waals surface area contributed by atoms with Gasteiger partial charge in [0.25, 0.3) is 0 Å². The van der Waals surface area contributed by atoms with Crippen LogP contribution < -0.4 is 15.4 Å². The van der Waals surface area contributed by atoms with Crippen molar-refractivity contribution in [3.05, 3.63) is 35.5 Å². The highest BCUT2D eigenvalue weighted by Gasteiger charge is 2.34. The van der Waals surface area contributed by atoms with E-state index in [9.17, 15) is 13.2 Å². The molecular formula is C19H23F3N4O. The molecule has 1 aliphatic rings. The second-order valence-electron chi connectivity index (χ2n) is 6.77. The molecule has 8 heteroatoms. The Balaban J connectivity index is 1.90. The summed E-state index contributed by atoms with van der Waals surface area (Å²) in [5.41, 5.74) is 0.366. The number of nitrogens with zero attached hydrogens (tertiary/aromatic N) is 2. The summed E-state index contributed by atoms with van der Waals surface area (Å²) >= 11 is 0. The van der Waals surface area contributed by atoms with Crippen molar-refractivity contribution >= 4 is 17.5 Å². The Bertz CT molecular complexity index is 806. The zero-order valence-corrected chi connectivity index (χ0v) is 15.5. The first kappa shape index (κ1) is 19.3. The number of hydrogen-bond donors (Lipinski definition) is 2. The molecule has 5 nitrogen and oxygen atoms in total. The Labute approximate surface area is 156 Å². The lowest BCUT2D eigenvalue weighted by Crippen LogP contribution is -2.16. The molecule has 0 unspecified atom stereocenters. The number of hydrogen-bond acceptors (Lipinski definition) is 5. The molecular weight excluding hydrogens is 357 g/mol. The number of alkyl halides is 3. The van der Waals surface area contributed by atoms with Crippen molar-refractivity contribution in [2.24, 2.45) is 0 Å². The Hall–Kier alpha value is -2.51. The van der Waals surface area contributed by atoms with E-state index in [-0.39, 0.29) is 17.5 Å². The molecule has 1 aromatic heterocycles. The highest BCUT2D eigenvalue weighted by molar-refractivity contribution is 5.61. The normalized spacial score (nSPS) is 15.3. The fourth-order valence-corrected chi connectivity index (χ4v) is 2.66. The Kier molecular flexibility index (Phi) is 5.43. The van der Waals surface area contributed by atoms with E-state index in [2.05, 4.69) is 27.5 Å². The van der Waals surface area contributed by atoms with Crippen LogP contribution in [0.2, 0.25) is 0 Å². The van der Waals surface area contributed by atoms with Gasteiger partial charge in [0, 0.05) is 23.7 Å². The van der Waals surface area contributed by atoms with Crippen molar-refractivity contribution in [3.63, 3.8) is 0 Å². The van der Waals surface area contributed by atoms with Gasteiger partial charge in [0.1, 0.15) is 11.6 Å². The zero-order chi connectivity index (χ0) is 19.6. The zero-order valence-electron chi connectivity index (χ0n) is 15.5. The molecule has 27 heavy (non-hydrogen) atoms. The van der Waals surface area contributed by atoms with Crippen LogP contribution in [0.15, 0.2) is 24.3 Å². The topological polar surface area (TPSA) is 59.1 Å². The molecule has 146 valence electrons. The van der Waals surface area contributed by atoms with Crippen LogP contribution in [-0.2, 0) is 6.18 Å². The highest BCUT2D eigenvalue weighted by atomic mass is 19.4. The summed E-state index contributed by atoms with van der Waals surface area (Å²) in [6.07, 6.45) is -1.45. The standard InChI is InChI=1S/C19H23F3N4O/c1-4-11(2)23-18-25-15(12-5-6-12)10-17(26-18)24-13-7-8-16(27-3)14(9-13)19(20,21)22/h7-12H,4-6H2,1-3H3,(H2,23,24,25,26)/t11-/m0/s1. The number of benzene rings is 1. The second-order valence-corrected chi connectivity index (χ2v) is 6.77. The Morgan fingerprint density at radius 1 is 1.22 bits per heavy atom. The van der Waals surface area contributed by atoms with Crippen LogP contribution in [-0.4, -0.2) is 23.1 Å². The van der Waals surface area contributed by atoms with E-state index in [1.807, 2.05) is 6.92 Å². The summed E-state index contributed by atoms with van der Waals surface area (Å²) in [6.45, 7) is 4.08. The van der Waals surface area contributed by atoms with Gasteiger partial charge in [-0.05, 0) is 44.4 Å². The van der Waals surface area contributed by atoms with Crippen LogP contribution in [0.3, 0.4) is 0 Å². The van der Waals surface area contributed by atoms with E-state index in [0.29, 0.717) is 17.7 Å². The average Bonchev–Trinajstić information content (AvgIpc) is 3.45.